The van der Waals surface area contributed by atoms with E-state index in [2.05, 4.69) is 15.5 Å². The third kappa shape index (κ3) is 4.36. The van der Waals surface area contributed by atoms with Gasteiger partial charge in [-0.15, -0.1) is 0 Å². The Labute approximate surface area is 179 Å². The summed E-state index contributed by atoms with van der Waals surface area (Å²) >= 11 is 0. The second-order valence-corrected chi connectivity index (χ2v) is 7.48. The Balaban J connectivity index is 1.73. The van der Waals surface area contributed by atoms with E-state index < -0.39 is 11.6 Å². The molecule has 1 fully saturated rings. The zero-order chi connectivity index (χ0) is 22.0. The van der Waals surface area contributed by atoms with Crippen LogP contribution < -0.4 is 15.5 Å². The molecule has 3 aromatic carbocycles. The minimum absolute atomic E-state index is 0.0571. The van der Waals surface area contributed by atoms with E-state index in [-0.39, 0.29) is 22.9 Å². The summed E-state index contributed by atoms with van der Waals surface area (Å²) in [7, 11) is 0. The van der Waals surface area contributed by atoms with E-state index in [9.17, 15) is 18.7 Å². The molecule has 1 aliphatic rings. The number of nitrogens with one attached hydrogen (secondary N) is 2. The standard InChI is InChI=1S/C24H23F2N3O2/c1-15(30)28-23-8-5-16(13-22(23)26)18-3-2-4-19(24(18)31)20-14-17(6-7-21(20)25)29-11-9-27-10-12-29/h2-8,13-14,27,31H,9-12H2,1H3,(H,28,30). The number of para-hydroxylation sites is 1. The minimum atomic E-state index is -0.621. The predicted molar refractivity (Wildman–Crippen MR) is 118 cm³/mol. The van der Waals surface area contributed by atoms with Crippen molar-refractivity contribution in [2.45, 2.75) is 6.92 Å². The second-order valence-electron chi connectivity index (χ2n) is 7.48. The van der Waals surface area contributed by atoms with Gasteiger partial charge < -0.3 is 20.6 Å². The van der Waals surface area contributed by atoms with Gasteiger partial charge in [0.2, 0.25) is 5.91 Å². The number of rotatable bonds is 4. The molecular formula is C24H23F2N3O2. The summed E-state index contributed by atoms with van der Waals surface area (Å²) in [6.45, 7) is 4.64. The third-order valence-corrected chi connectivity index (χ3v) is 5.35. The number of hydrogen-bond donors (Lipinski definition) is 3. The Kier molecular flexibility index (Phi) is 5.86. The van der Waals surface area contributed by atoms with E-state index in [1.807, 2.05) is 0 Å². The fourth-order valence-electron chi connectivity index (χ4n) is 3.81. The van der Waals surface area contributed by atoms with E-state index in [1.165, 1.54) is 25.1 Å². The number of amides is 1. The number of phenolic OH excluding ortho intramolecular Hbond substituents is 1. The highest BCUT2D eigenvalue weighted by Gasteiger charge is 2.18. The number of hydrogen-bond acceptors (Lipinski definition) is 4. The van der Waals surface area contributed by atoms with E-state index >= 15 is 0 Å². The predicted octanol–water partition coefficient (Wildman–Crippen LogP) is 4.37. The molecule has 1 amide bonds. The van der Waals surface area contributed by atoms with Gasteiger partial charge in [0.15, 0.2) is 0 Å². The van der Waals surface area contributed by atoms with Crippen LogP contribution in [0.5, 0.6) is 5.75 Å². The molecule has 0 saturated carbocycles. The number of carbonyl (C=O) groups excluding carboxylic acids is 1. The summed E-state index contributed by atoms with van der Waals surface area (Å²) in [5.74, 6) is -1.58. The van der Waals surface area contributed by atoms with Crippen molar-refractivity contribution in [2.75, 3.05) is 36.4 Å². The van der Waals surface area contributed by atoms with Gasteiger partial charge in [0, 0.05) is 55.5 Å². The number of aromatic hydroxyl groups is 1. The number of anilines is 2. The van der Waals surface area contributed by atoms with Crippen molar-refractivity contribution in [3.63, 3.8) is 0 Å². The number of nitrogens with zero attached hydrogens (tertiary/aromatic N) is 1. The van der Waals surface area contributed by atoms with Crippen LogP contribution in [0.25, 0.3) is 22.3 Å². The number of carbonyl (C=O) groups is 1. The first-order valence-electron chi connectivity index (χ1n) is 10.1. The zero-order valence-electron chi connectivity index (χ0n) is 17.1. The first kappa shape index (κ1) is 20.8. The summed E-state index contributed by atoms with van der Waals surface area (Å²) in [4.78, 5) is 13.4. The monoisotopic (exact) mass is 423 g/mol. The van der Waals surface area contributed by atoms with Crippen molar-refractivity contribution in [1.82, 2.24) is 5.32 Å². The van der Waals surface area contributed by atoms with Gasteiger partial charge in [-0.1, -0.05) is 24.3 Å². The Morgan fingerprint density at radius 3 is 2.42 bits per heavy atom. The van der Waals surface area contributed by atoms with Gasteiger partial charge in [-0.2, -0.15) is 0 Å². The molecular weight excluding hydrogens is 400 g/mol. The van der Waals surface area contributed by atoms with Crippen molar-refractivity contribution in [3.05, 3.63) is 66.2 Å². The van der Waals surface area contributed by atoms with Gasteiger partial charge in [-0.25, -0.2) is 8.78 Å². The van der Waals surface area contributed by atoms with Crippen molar-refractivity contribution >= 4 is 17.3 Å². The molecule has 160 valence electrons. The van der Waals surface area contributed by atoms with Gasteiger partial charge in [0.25, 0.3) is 0 Å². The maximum atomic E-state index is 14.7. The van der Waals surface area contributed by atoms with Crippen LogP contribution in [0, 0.1) is 11.6 Å². The molecule has 31 heavy (non-hydrogen) atoms. The quantitative estimate of drug-likeness (QED) is 0.583. The molecule has 0 aliphatic carbocycles. The van der Waals surface area contributed by atoms with E-state index in [4.69, 9.17) is 0 Å². The zero-order valence-corrected chi connectivity index (χ0v) is 17.1. The van der Waals surface area contributed by atoms with E-state index in [0.29, 0.717) is 16.7 Å². The lowest BCUT2D eigenvalue weighted by Crippen LogP contribution is -2.43. The second kappa shape index (κ2) is 8.73. The maximum Gasteiger partial charge on any atom is 0.221 e. The number of halogens is 2. The van der Waals surface area contributed by atoms with Gasteiger partial charge in [0.05, 0.1) is 5.69 Å². The van der Waals surface area contributed by atoms with Crippen LogP contribution in [0.1, 0.15) is 6.92 Å². The van der Waals surface area contributed by atoms with Gasteiger partial charge in [-0.3, -0.25) is 4.79 Å². The number of piperazine rings is 1. The van der Waals surface area contributed by atoms with Crippen LogP contribution in [0.2, 0.25) is 0 Å². The highest BCUT2D eigenvalue weighted by molar-refractivity contribution is 5.90. The topological polar surface area (TPSA) is 64.6 Å². The van der Waals surface area contributed by atoms with E-state index in [1.54, 1.807) is 36.4 Å². The molecule has 0 radical (unpaired) electrons. The van der Waals surface area contributed by atoms with Gasteiger partial charge in [0.1, 0.15) is 17.4 Å². The molecule has 3 N–H and O–H groups in total. The first-order valence-corrected chi connectivity index (χ1v) is 10.1. The molecule has 0 unspecified atom stereocenters. The summed E-state index contributed by atoms with van der Waals surface area (Å²) in [6, 6.07) is 14.1. The lowest BCUT2D eigenvalue weighted by Gasteiger charge is -2.30. The van der Waals surface area contributed by atoms with E-state index in [0.717, 1.165) is 31.9 Å². The molecule has 1 saturated heterocycles. The van der Waals surface area contributed by atoms with Crippen molar-refractivity contribution in [1.29, 1.82) is 0 Å². The Morgan fingerprint density at radius 1 is 0.968 bits per heavy atom. The number of phenols is 1. The number of benzene rings is 3. The molecule has 0 bridgehead atoms. The SMILES string of the molecule is CC(=O)Nc1ccc(-c2cccc(-c3cc(N4CCNCC4)ccc3F)c2O)cc1F. The molecule has 1 aliphatic heterocycles. The minimum Gasteiger partial charge on any atom is -0.507 e. The van der Waals surface area contributed by atoms with Crippen LogP contribution >= 0.6 is 0 Å². The molecule has 4 rings (SSSR count). The van der Waals surface area contributed by atoms with Crippen molar-refractivity contribution < 1.29 is 18.7 Å². The summed E-state index contributed by atoms with van der Waals surface area (Å²) < 4.78 is 29.1. The highest BCUT2D eigenvalue weighted by atomic mass is 19.1. The van der Waals surface area contributed by atoms with Crippen LogP contribution in [0.3, 0.4) is 0 Å². The molecule has 0 atom stereocenters. The molecule has 0 aromatic heterocycles. The van der Waals surface area contributed by atoms with Crippen LogP contribution in [-0.2, 0) is 4.79 Å². The average Bonchev–Trinajstić information content (AvgIpc) is 2.76. The average molecular weight is 423 g/mol. The maximum absolute atomic E-state index is 14.7. The molecule has 0 spiro atoms. The van der Waals surface area contributed by atoms with Crippen LogP contribution in [0.4, 0.5) is 20.2 Å². The molecule has 7 heteroatoms. The van der Waals surface area contributed by atoms with Crippen molar-refractivity contribution in [2.24, 2.45) is 0 Å². The highest BCUT2D eigenvalue weighted by Crippen LogP contribution is 2.40. The summed E-state index contributed by atoms with van der Waals surface area (Å²) in [5, 5.41) is 16.6. The lowest BCUT2D eigenvalue weighted by molar-refractivity contribution is -0.114. The molecule has 1 heterocycles. The fourth-order valence-corrected chi connectivity index (χ4v) is 3.81. The largest absolute Gasteiger partial charge is 0.507 e. The van der Waals surface area contributed by atoms with Gasteiger partial charge in [-0.05, 0) is 35.9 Å². The Hall–Kier alpha value is -3.45. The fraction of sp³-hybridized carbons (Fsp3) is 0.208. The first-order chi connectivity index (χ1) is 14.9. The smallest absolute Gasteiger partial charge is 0.221 e. The third-order valence-electron chi connectivity index (χ3n) is 5.35. The Bertz CT molecular complexity index is 1130. The van der Waals surface area contributed by atoms with Crippen molar-refractivity contribution in [3.8, 4) is 28.0 Å². The summed E-state index contributed by atoms with van der Waals surface area (Å²) in [6.07, 6.45) is 0. The summed E-state index contributed by atoms with van der Waals surface area (Å²) in [5.41, 5.74) is 2.35. The van der Waals surface area contributed by atoms with Gasteiger partial charge >= 0.3 is 0 Å². The Morgan fingerprint density at radius 2 is 1.71 bits per heavy atom. The normalized spacial score (nSPS) is 13.8. The van der Waals surface area contributed by atoms with Crippen LogP contribution in [-0.4, -0.2) is 37.2 Å². The van der Waals surface area contributed by atoms with Crippen LogP contribution in [0.15, 0.2) is 54.6 Å². The lowest BCUT2D eigenvalue weighted by atomic mass is 9.96. The molecule has 5 nitrogen and oxygen atoms in total. The molecule has 3 aromatic rings.